The summed E-state index contributed by atoms with van der Waals surface area (Å²) in [5.41, 5.74) is 0.809. The van der Waals surface area contributed by atoms with Gasteiger partial charge in [0.05, 0.1) is 0 Å². The van der Waals surface area contributed by atoms with Crippen LogP contribution in [0.2, 0.25) is 0 Å². The van der Waals surface area contributed by atoms with Crippen LogP contribution in [0.1, 0.15) is 105 Å². The van der Waals surface area contributed by atoms with Gasteiger partial charge in [-0.25, -0.2) is 9.59 Å². The van der Waals surface area contributed by atoms with Gasteiger partial charge < -0.3 is 25.0 Å². The summed E-state index contributed by atoms with van der Waals surface area (Å²) < 4.78 is 11.2. The highest BCUT2D eigenvalue weighted by Gasteiger charge is 2.41. The number of aryl methyl sites for hydroxylation is 1. The van der Waals surface area contributed by atoms with Crippen molar-refractivity contribution < 1.29 is 28.7 Å². The van der Waals surface area contributed by atoms with Gasteiger partial charge >= 0.3 is 12.1 Å². The second-order valence-corrected chi connectivity index (χ2v) is 14.1. The summed E-state index contributed by atoms with van der Waals surface area (Å²) in [7, 11) is 0. The maximum Gasteiger partial charge on any atom is 0.408 e. The minimum Gasteiger partial charge on any atom is -0.458 e. The predicted molar refractivity (Wildman–Crippen MR) is 181 cm³/mol. The number of carbonyl (C=O) groups excluding carboxylic acids is 4. The summed E-state index contributed by atoms with van der Waals surface area (Å²) in [6.07, 6.45) is 0.634. The smallest absolute Gasteiger partial charge is 0.408 e. The van der Waals surface area contributed by atoms with E-state index in [-0.39, 0.29) is 12.3 Å². The largest absolute Gasteiger partial charge is 0.458 e. The Morgan fingerprint density at radius 1 is 0.804 bits per heavy atom. The number of amides is 3. The van der Waals surface area contributed by atoms with Crippen molar-refractivity contribution in [2.45, 2.75) is 131 Å². The minimum atomic E-state index is -1.10. The second-order valence-electron chi connectivity index (χ2n) is 14.1. The lowest BCUT2D eigenvalue weighted by Crippen LogP contribution is -2.58. The van der Waals surface area contributed by atoms with Crippen LogP contribution in [0.4, 0.5) is 4.79 Å². The zero-order chi connectivity index (χ0) is 34.8. The molecule has 0 heterocycles. The maximum atomic E-state index is 14.6. The van der Waals surface area contributed by atoms with Gasteiger partial charge in [0, 0.05) is 12.5 Å². The molecule has 0 aliphatic rings. The molecule has 0 bridgehead atoms. The molecular formula is C37H55N3O6. The van der Waals surface area contributed by atoms with E-state index < -0.39 is 59.2 Å². The third kappa shape index (κ3) is 11.8. The number of hydrogen-bond donors (Lipinski definition) is 2. The first-order valence-electron chi connectivity index (χ1n) is 16.3. The van der Waals surface area contributed by atoms with E-state index in [1.54, 1.807) is 52.5 Å². The number of carbonyl (C=O) groups is 4. The van der Waals surface area contributed by atoms with Crippen LogP contribution in [0, 0.1) is 12.8 Å². The molecule has 0 fully saturated rings. The molecule has 46 heavy (non-hydrogen) atoms. The fraction of sp³-hybridized carbons (Fsp3) is 0.568. The van der Waals surface area contributed by atoms with Crippen molar-refractivity contribution in [2.75, 3.05) is 0 Å². The summed E-state index contributed by atoms with van der Waals surface area (Å²) in [6, 6.07) is 13.3. The lowest BCUT2D eigenvalue weighted by molar-refractivity contribution is -0.159. The number of rotatable bonds is 13. The average Bonchev–Trinajstić information content (AvgIpc) is 2.95. The van der Waals surface area contributed by atoms with E-state index in [0.717, 1.165) is 11.1 Å². The summed E-state index contributed by atoms with van der Waals surface area (Å²) in [5, 5.41) is 5.75. The zero-order valence-electron chi connectivity index (χ0n) is 29.6. The fourth-order valence-corrected chi connectivity index (χ4v) is 5.02. The van der Waals surface area contributed by atoms with Gasteiger partial charge in [-0.15, -0.1) is 0 Å². The SMILES string of the molecule is CCC(C)C(NC(=O)OC(C)(C)C)C(=O)N(C(C)CC)C(C(=O)NC(Cc1ccccc1)C(=O)OC(C)(C)C)c1cccc(C)c1. The molecule has 5 atom stereocenters. The van der Waals surface area contributed by atoms with Crippen molar-refractivity contribution in [2.24, 2.45) is 5.92 Å². The van der Waals surface area contributed by atoms with Gasteiger partial charge in [0.2, 0.25) is 11.8 Å². The van der Waals surface area contributed by atoms with Gasteiger partial charge in [-0.1, -0.05) is 87.4 Å². The van der Waals surface area contributed by atoms with Crippen molar-refractivity contribution in [3.05, 3.63) is 71.3 Å². The molecule has 0 aliphatic carbocycles. The molecule has 5 unspecified atom stereocenters. The highest BCUT2D eigenvalue weighted by atomic mass is 16.6. The maximum absolute atomic E-state index is 14.6. The van der Waals surface area contributed by atoms with Crippen molar-refractivity contribution in [1.29, 1.82) is 0 Å². The van der Waals surface area contributed by atoms with Crippen molar-refractivity contribution in [3.63, 3.8) is 0 Å². The Kier molecular flexibility index (Phi) is 13.8. The van der Waals surface area contributed by atoms with Gasteiger partial charge in [0.1, 0.15) is 29.3 Å². The van der Waals surface area contributed by atoms with Crippen LogP contribution in [0.3, 0.4) is 0 Å². The minimum absolute atomic E-state index is 0.203. The third-order valence-corrected chi connectivity index (χ3v) is 7.65. The van der Waals surface area contributed by atoms with Crippen LogP contribution in [0.5, 0.6) is 0 Å². The van der Waals surface area contributed by atoms with E-state index in [2.05, 4.69) is 10.6 Å². The summed E-state index contributed by atoms with van der Waals surface area (Å²) in [5.74, 6) is -1.77. The first kappa shape index (κ1) is 38.3. The summed E-state index contributed by atoms with van der Waals surface area (Å²) in [4.78, 5) is 57.2. The van der Waals surface area contributed by atoms with Crippen LogP contribution in [0.25, 0.3) is 0 Å². The quantitative estimate of drug-likeness (QED) is 0.237. The normalized spacial score (nSPS) is 15.0. The van der Waals surface area contributed by atoms with Crippen LogP contribution < -0.4 is 10.6 Å². The van der Waals surface area contributed by atoms with E-state index in [4.69, 9.17) is 9.47 Å². The van der Waals surface area contributed by atoms with Crippen molar-refractivity contribution in [3.8, 4) is 0 Å². The predicted octanol–water partition coefficient (Wildman–Crippen LogP) is 6.67. The Bertz CT molecular complexity index is 1310. The van der Waals surface area contributed by atoms with Gasteiger partial charge in [-0.05, 0) is 78.9 Å². The lowest BCUT2D eigenvalue weighted by Gasteiger charge is -2.40. The molecule has 0 saturated heterocycles. The summed E-state index contributed by atoms with van der Waals surface area (Å²) >= 11 is 0. The molecule has 2 rings (SSSR count). The number of hydrogen-bond acceptors (Lipinski definition) is 6. The first-order valence-corrected chi connectivity index (χ1v) is 16.3. The molecule has 0 saturated carbocycles. The Morgan fingerprint density at radius 3 is 1.93 bits per heavy atom. The highest BCUT2D eigenvalue weighted by Crippen LogP contribution is 2.29. The number of nitrogens with zero attached hydrogens (tertiary/aromatic N) is 1. The fourth-order valence-electron chi connectivity index (χ4n) is 5.02. The molecule has 0 radical (unpaired) electrons. The van der Waals surface area contributed by atoms with Gasteiger partial charge in [0.25, 0.3) is 0 Å². The standard InChI is InChI=1S/C37H55N3O6/c1-12-25(4)30(39-35(44)46-37(9,10)11)33(42)40(26(5)13-2)31(28-21-17-18-24(3)22-28)32(41)38-29(34(43)45-36(6,7)8)23-27-19-15-14-16-20-27/h14-22,25-26,29-31H,12-13,23H2,1-11H3,(H,38,41)(H,39,44). The molecule has 2 aromatic carbocycles. The van der Waals surface area contributed by atoms with E-state index in [9.17, 15) is 19.2 Å². The highest BCUT2D eigenvalue weighted by molar-refractivity contribution is 5.94. The lowest BCUT2D eigenvalue weighted by atomic mass is 9.93. The van der Waals surface area contributed by atoms with Crippen LogP contribution in [-0.4, -0.2) is 58.1 Å². The number of benzene rings is 2. The molecule has 9 heteroatoms. The number of alkyl carbamates (subject to hydrolysis) is 1. The van der Waals surface area contributed by atoms with E-state index in [1.807, 2.05) is 83.1 Å². The molecular weight excluding hydrogens is 582 g/mol. The van der Waals surface area contributed by atoms with Crippen LogP contribution in [0.15, 0.2) is 54.6 Å². The molecule has 0 aromatic heterocycles. The van der Waals surface area contributed by atoms with E-state index >= 15 is 0 Å². The molecule has 254 valence electrons. The Hall–Kier alpha value is -3.88. The van der Waals surface area contributed by atoms with E-state index in [1.165, 1.54) is 0 Å². The monoisotopic (exact) mass is 637 g/mol. The molecule has 0 spiro atoms. The van der Waals surface area contributed by atoms with Crippen molar-refractivity contribution >= 4 is 23.9 Å². The van der Waals surface area contributed by atoms with Gasteiger partial charge in [0.15, 0.2) is 0 Å². The number of ether oxygens (including phenoxy) is 2. The zero-order valence-corrected chi connectivity index (χ0v) is 29.6. The Labute approximate surface area is 275 Å². The Morgan fingerprint density at radius 2 is 1.41 bits per heavy atom. The van der Waals surface area contributed by atoms with Gasteiger partial charge in [-0.3, -0.25) is 9.59 Å². The number of nitrogens with one attached hydrogen (secondary N) is 2. The van der Waals surface area contributed by atoms with Gasteiger partial charge in [-0.2, -0.15) is 0 Å². The molecule has 9 nitrogen and oxygen atoms in total. The molecule has 3 amide bonds. The van der Waals surface area contributed by atoms with Crippen LogP contribution in [-0.2, 0) is 30.3 Å². The Balaban J connectivity index is 2.65. The average molecular weight is 638 g/mol. The molecule has 2 aromatic rings. The first-order chi connectivity index (χ1) is 21.4. The van der Waals surface area contributed by atoms with E-state index in [0.29, 0.717) is 18.4 Å². The number of esters is 1. The van der Waals surface area contributed by atoms with Crippen molar-refractivity contribution in [1.82, 2.24) is 15.5 Å². The second kappa shape index (κ2) is 16.6. The third-order valence-electron chi connectivity index (χ3n) is 7.65. The summed E-state index contributed by atoms with van der Waals surface area (Å²) in [6.45, 7) is 20.2. The topological polar surface area (TPSA) is 114 Å². The molecule has 0 aliphatic heterocycles. The van der Waals surface area contributed by atoms with Crippen LogP contribution >= 0.6 is 0 Å². The molecule has 2 N–H and O–H groups in total.